The quantitative estimate of drug-likeness (QED) is 0.324. The molecule has 3 heterocycles. The molecule has 4 aromatic rings. The van der Waals surface area contributed by atoms with Crippen molar-refractivity contribution in [2.75, 3.05) is 12.9 Å². The summed E-state index contributed by atoms with van der Waals surface area (Å²) in [5, 5.41) is 3.68. The molecule has 5 rings (SSSR count). The van der Waals surface area contributed by atoms with Gasteiger partial charge >= 0.3 is 11.6 Å². The molecule has 0 bridgehead atoms. The summed E-state index contributed by atoms with van der Waals surface area (Å²) >= 11 is 0. The minimum absolute atomic E-state index is 0.0738. The molecule has 0 spiro atoms. The molecule has 1 aliphatic heterocycles. The van der Waals surface area contributed by atoms with Crippen molar-refractivity contribution >= 4 is 21.0 Å². The average Bonchev–Trinajstić information content (AvgIpc) is 3.49. The predicted octanol–water partition coefficient (Wildman–Crippen LogP) is 3.48. The van der Waals surface area contributed by atoms with Crippen molar-refractivity contribution in [3.05, 3.63) is 75.3 Å². The summed E-state index contributed by atoms with van der Waals surface area (Å²) in [4.78, 5) is 13.0. The molecule has 2 aromatic heterocycles. The van der Waals surface area contributed by atoms with Gasteiger partial charge in [-0.25, -0.2) is 31.1 Å². The van der Waals surface area contributed by atoms with E-state index in [-0.39, 0.29) is 28.8 Å². The van der Waals surface area contributed by atoms with E-state index in [0.29, 0.717) is 0 Å². The van der Waals surface area contributed by atoms with Crippen LogP contribution in [-0.2, 0) is 40.4 Å². The third kappa shape index (κ3) is 4.43. The fourth-order valence-corrected chi connectivity index (χ4v) is 5.49. The average molecular weight is 573 g/mol. The zero-order valence-corrected chi connectivity index (χ0v) is 21.3. The Morgan fingerprint density at radius 2 is 1.90 bits per heavy atom. The van der Waals surface area contributed by atoms with Crippen molar-refractivity contribution in [2.24, 2.45) is 0 Å². The van der Waals surface area contributed by atoms with Gasteiger partial charge in [0.25, 0.3) is 0 Å². The molecule has 1 atom stereocenters. The number of hydrogen-bond donors (Lipinski definition) is 1. The Morgan fingerprint density at radius 1 is 1.21 bits per heavy atom. The van der Waals surface area contributed by atoms with Gasteiger partial charge in [0, 0.05) is 24.4 Å². The molecule has 9 nitrogen and oxygen atoms in total. The first-order valence-corrected chi connectivity index (χ1v) is 13.3. The summed E-state index contributed by atoms with van der Waals surface area (Å²) in [6, 6.07) is 2.35. The van der Waals surface area contributed by atoms with Crippen LogP contribution in [0.1, 0.15) is 23.9 Å². The second-order valence-corrected chi connectivity index (χ2v) is 11.0. The van der Waals surface area contributed by atoms with Gasteiger partial charge in [-0.1, -0.05) is 11.2 Å². The summed E-state index contributed by atoms with van der Waals surface area (Å²) in [6.07, 6.45) is 0.835. The number of imidazole rings is 1. The van der Waals surface area contributed by atoms with Gasteiger partial charge in [0.05, 0.1) is 36.4 Å². The largest absolute Gasteiger partial charge is 0.380 e. The number of ether oxygens (including phenoxy) is 1. The van der Waals surface area contributed by atoms with E-state index >= 15 is 13.2 Å². The minimum Gasteiger partial charge on any atom is -0.380 e. The number of fused-ring (bicyclic) bond motifs is 2. The van der Waals surface area contributed by atoms with E-state index in [4.69, 9.17) is 9.26 Å². The van der Waals surface area contributed by atoms with Crippen molar-refractivity contribution in [1.82, 2.24) is 19.0 Å². The van der Waals surface area contributed by atoms with Crippen LogP contribution in [0.15, 0.2) is 39.8 Å². The number of benzene rings is 2. The lowest BCUT2D eigenvalue weighted by molar-refractivity contribution is -0.0249. The summed E-state index contributed by atoms with van der Waals surface area (Å²) in [5.74, 6) is -7.30. The van der Waals surface area contributed by atoms with Gasteiger partial charge in [-0.05, 0) is 25.1 Å². The Labute approximate surface area is 217 Å². The standard InChI is InChI=1S/C24H21F5N4O5S/c1-3-39(35,36)31-17-9-33-18(24(17,28)29)10-32(23(33)34)8-15-20-16(38-30-15)7-12(11-37-2)22(27)21(20)19-13(25)5-4-6-14(19)26/h4-7,10,17,31H,3,8-9,11H2,1-2H3/t17-/m1/s1. The van der Waals surface area contributed by atoms with Crippen LogP contribution in [0.25, 0.3) is 22.1 Å². The Bertz CT molecular complexity index is 1740. The predicted molar refractivity (Wildman–Crippen MR) is 128 cm³/mol. The first-order valence-electron chi connectivity index (χ1n) is 11.6. The van der Waals surface area contributed by atoms with Crippen molar-refractivity contribution in [3.8, 4) is 11.1 Å². The highest BCUT2D eigenvalue weighted by Crippen LogP contribution is 2.40. The van der Waals surface area contributed by atoms with Gasteiger partial charge in [-0.15, -0.1) is 0 Å². The first-order chi connectivity index (χ1) is 18.4. The number of methoxy groups -OCH3 is 1. The fourth-order valence-electron chi connectivity index (χ4n) is 4.67. The number of nitrogens with one attached hydrogen (secondary N) is 1. The normalized spacial score (nSPS) is 16.7. The second kappa shape index (κ2) is 9.57. The third-order valence-electron chi connectivity index (χ3n) is 6.57. The van der Waals surface area contributed by atoms with Gasteiger partial charge < -0.3 is 9.26 Å². The molecule has 208 valence electrons. The molecular weight excluding hydrogens is 551 g/mol. The molecule has 0 saturated heterocycles. The number of hydrogen-bond acceptors (Lipinski definition) is 6. The van der Waals surface area contributed by atoms with Gasteiger partial charge in [-0.3, -0.25) is 9.13 Å². The maximum Gasteiger partial charge on any atom is 0.328 e. The maximum absolute atomic E-state index is 15.6. The molecule has 1 aliphatic rings. The Balaban J connectivity index is 1.62. The number of sulfonamides is 1. The molecule has 0 saturated carbocycles. The number of nitrogens with zero attached hydrogens (tertiary/aromatic N) is 3. The van der Waals surface area contributed by atoms with Crippen LogP contribution in [-0.4, -0.2) is 41.6 Å². The van der Waals surface area contributed by atoms with Crippen LogP contribution in [0.5, 0.6) is 0 Å². The van der Waals surface area contributed by atoms with Crippen LogP contribution in [0.2, 0.25) is 0 Å². The van der Waals surface area contributed by atoms with Gasteiger partial charge in [0.2, 0.25) is 10.0 Å². The van der Waals surface area contributed by atoms with Crippen molar-refractivity contribution in [1.29, 1.82) is 0 Å². The number of alkyl halides is 2. The highest BCUT2D eigenvalue weighted by atomic mass is 32.2. The monoisotopic (exact) mass is 572 g/mol. The topological polar surface area (TPSA) is 108 Å². The lowest BCUT2D eigenvalue weighted by Crippen LogP contribution is -2.45. The number of aromatic nitrogens is 3. The summed E-state index contributed by atoms with van der Waals surface area (Å²) in [6.45, 7) is -0.120. The van der Waals surface area contributed by atoms with Gasteiger partial charge in [0.15, 0.2) is 5.58 Å². The summed E-state index contributed by atoms with van der Waals surface area (Å²) < 4.78 is 113. The molecule has 39 heavy (non-hydrogen) atoms. The smallest absolute Gasteiger partial charge is 0.328 e. The summed E-state index contributed by atoms with van der Waals surface area (Å²) in [7, 11) is -2.69. The van der Waals surface area contributed by atoms with Gasteiger partial charge in [0.1, 0.15) is 34.9 Å². The van der Waals surface area contributed by atoms with E-state index in [2.05, 4.69) is 5.16 Å². The van der Waals surface area contributed by atoms with E-state index < -0.39 is 80.8 Å². The lowest BCUT2D eigenvalue weighted by Gasteiger charge is -2.19. The zero-order valence-electron chi connectivity index (χ0n) is 20.5. The molecule has 15 heteroatoms. The van der Waals surface area contributed by atoms with E-state index in [1.165, 1.54) is 20.1 Å². The maximum atomic E-state index is 15.6. The van der Waals surface area contributed by atoms with Crippen LogP contribution < -0.4 is 10.4 Å². The first kappa shape index (κ1) is 27.0. The molecule has 0 radical (unpaired) electrons. The van der Waals surface area contributed by atoms with E-state index in [9.17, 15) is 22.0 Å². The highest BCUT2D eigenvalue weighted by Gasteiger charge is 2.52. The van der Waals surface area contributed by atoms with Crippen LogP contribution in [0.3, 0.4) is 0 Å². The van der Waals surface area contributed by atoms with Crippen LogP contribution in [0.4, 0.5) is 22.0 Å². The fraction of sp³-hybridized carbons (Fsp3) is 0.333. The molecule has 2 aromatic carbocycles. The molecule has 0 amide bonds. The summed E-state index contributed by atoms with van der Waals surface area (Å²) in [5.41, 5.74) is -3.19. The zero-order chi connectivity index (χ0) is 28.3. The third-order valence-corrected chi connectivity index (χ3v) is 7.97. The van der Waals surface area contributed by atoms with Gasteiger partial charge in [-0.2, -0.15) is 8.78 Å². The van der Waals surface area contributed by atoms with Crippen LogP contribution in [0, 0.1) is 17.5 Å². The van der Waals surface area contributed by atoms with Crippen molar-refractivity contribution < 1.29 is 39.6 Å². The highest BCUT2D eigenvalue weighted by molar-refractivity contribution is 7.89. The second-order valence-electron chi connectivity index (χ2n) is 8.99. The van der Waals surface area contributed by atoms with E-state index in [1.54, 1.807) is 0 Å². The molecule has 0 unspecified atom stereocenters. The molecule has 0 aliphatic carbocycles. The Morgan fingerprint density at radius 3 is 2.51 bits per heavy atom. The number of rotatable bonds is 8. The Hall–Kier alpha value is -3.56. The molecule has 1 N–H and O–H groups in total. The van der Waals surface area contributed by atoms with E-state index in [0.717, 1.165) is 33.5 Å². The molecular formula is C24H21F5N4O5S. The Kier molecular flexibility index (Phi) is 6.63. The van der Waals surface area contributed by atoms with E-state index in [1.807, 2.05) is 4.72 Å². The van der Waals surface area contributed by atoms with Crippen molar-refractivity contribution in [3.63, 3.8) is 0 Å². The SMILES string of the molecule is CCS(=O)(=O)N[C@@H]1Cn2c(cn(Cc3noc4cc(COC)c(F)c(-c5c(F)cccc5F)c34)c2=O)C1(F)F. The van der Waals surface area contributed by atoms with Crippen LogP contribution >= 0.6 is 0 Å². The molecule has 0 fully saturated rings. The number of halogens is 5. The minimum atomic E-state index is -3.99. The lowest BCUT2D eigenvalue weighted by atomic mass is 9.96. The van der Waals surface area contributed by atoms with Crippen molar-refractivity contribution in [2.45, 2.75) is 38.6 Å².